The molecular formula is C51H33N5. The Labute approximate surface area is 324 Å². The van der Waals surface area contributed by atoms with Gasteiger partial charge in [0.2, 0.25) is 0 Å². The van der Waals surface area contributed by atoms with E-state index in [1.54, 1.807) is 6.20 Å². The van der Waals surface area contributed by atoms with Gasteiger partial charge in [-0.1, -0.05) is 140 Å². The largest absolute Gasteiger partial charge is 0.264 e. The summed E-state index contributed by atoms with van der Waals surface area (Å²) in [4.78, 5) is 24.7. The van der Waals surface area contributed by atoms with Gasteiger partial charge in [0, 0.05) is 51.6 Å². The summed E-state index contributed by atoms with van der Waals surface area (Å²) in [7, 11) is 0. The van der Waals surface area contributed by atoms with Crippen molar-refractivity contribution in [1.29, 1.82) is 0 Å². The van der Waals surface area contributed by atoms with Gasteiger partial charge in [0.1, 0.15) is 0 Å². The van der Waals surface area contributed by atoms with Crippen molar-refractivity contribution in [3.63, 3.8) is 0 Å². The molecule has 0 aliphatic rings. The van der Waals surface area contributed by atoms with Gasteiger partial charge >= 0.3 is 0 Å². The lowest BCUT2D eigenvalue weighted by Gasteiger charge is -2.14. The Balaban J connectivity index is 1.15. The molecule has 56 heavy (non-hydrogen) atoms. The van der Waals surface area contributed by atoms with E-state index in [1.165, 1.54) is 5.56 Å². The average Bonchev–Trinajstić information content (AvgIpc) is 3.29. The molecule has 0 aliphatic heterocycles. The molecule has 0 atom stereocenters. The van der Waals surface area contributed by atoms with Crippen LogP contribution in [-0.4, -0.2) is 24.9 Å². The monoisotopic (exact) mass is 715 g/mol. The summed E-state index contributed by atoms with van der Waals surface area (Å²) < 4.78 is 0. The van der Waals surface area contributed by atoms with Crippen LogP contribution in [0.25, 0.3) is 100 Å². The van der Waals surface area contributed by atoms with Crippen LogP contribution in [-0.2, 0) is 0 Å². The Bertz CT molecular complexity index is 2980. The first-order valence-corrected chi connectivity index (χ1v) is 18.6. The molecule has 0 saturated heterocycles. The number of hydrogen-bond acceptors (Lipinski definition) is 5. The Kier molecular flexibility index (Phi) is 8.43. The molecule has 10 aromatic rings. The van der Waals surface area contributed by atoms with Crippen LogP contribution in [0, 0.1) is 0 Å². The highest BCUT2D eigenvalue weighted by Crippen LogP contribution is 2.36. The van der Waals surface area contributed by atoms with Gasteiger partial charge in [-0.3, -0.25) is 9.97 Å². The molecule has 0 radical (unpaired) electrons. The van der Waals surface area contributed by atoms with E-state index in [0.717, 1.165) is 89.0 Å². The Hall–Kier alpha value is -7.63. The van der Waals surface area contributed by atoms with E-state index in [0.29, 0.717) is 5.82 Å². The Morgan fingerprint density at radius 2 is 0.804 bits per heavy atom. The highest BCUT2D eigenvalue weighted by molar-refractivity contribution is 6.03. The SMILES string of the molecule is c1ccc(-c2ccc(-c3cc(-c4cc(-c5ccc(-c6cccnc6)cc5)cc(-c5ccc6ccc7cccnc7c6n5)c4)nc(-c4ccccc4)n3)cc2)cc1. The molecule has 0 aliphatic carbocycles. The third kappa shape index (κ3) is 6.48. The first-order valence-electron chi connectivity index (χ1n) is 18.6. The summed E-state index contributed by atoms with van der Waals surface area (Å²) in [6.07, 6.45) is 5.52. The fraction of sp³-hybridized carbons (Fsp3) is 0. The number of benzene rings is 6. The van der Waals surface area contributed by atoms with Crippen LogP contribution >= 0.6 is 0 Å². The van der Waals surface area contributed by atoms with E-state index in [9.17, 15) is 0 Å². The number of rotatable bonds is 7. The lowest BCUT2D eigenvalue weighted by molar-refractivity contribution is 1.18. The number of aromatic nitrogens is 5. The van der Waals surface area contributed by atoms with Crippen LogP contribution in [0.3, 0.4) is 0 Å². The van der Waals surface area contributed by atoms with Crippen molar-refractivity contribution in [2.45, 2.75) is 0 Å². The molecule has 4 heterocycles. The number of fused-ring (bicyclic) bond motifs is 3. The smallest absolute Gasteiger partial charge is 0.160 e. The van der Waals surface area contributed by atoms with Crippen LogP contribution < -0.4 is 0 Å². The van der Waals surface area contributed by atoms with E-state index in [4.69, 9.17) is 19.9 Å². The minimum absolute atomic E-state index is 0.666. The van der Waals surface area contributed by atoms with Crippen molar-refractivity contribution in [2.24, 2.45) is 0 Å². The topological polar surface area (TPSA) is 64.5 Å². The lowest BCUT2D eigenvalue weighted by Crippen LogP contribution is -1.97. The van der Waals surface area contributed by atoms with Crippen molar-refractivity contribution >= 4 is 21.8 Å². The molecule has 262 valence electrons. The van der Waals surface area contributed by atoms with Gasteiger partial charge in [0.05, 0.1) is 28.1 Å². The number of nitrogens with zero attached hydrogens (tertiary/aromatic N) is 5. The Morgan fingerprint density at radius 3 is 1.50 bits per heavy atom. The molecule has 0 fully saturated rings. The van der Waals surface area contributed by atoms with Crippen LogP contribution in [0.1, 0.15) is 0 Å². The predicted molar refractivity (Wildman–Crippen MR) is 228 cm³/mol. The zero-order valence-corrected chi connectivity index (χ0v) is 30.3. The fourth-order valence-corrected chi connectivity index (χ4v) is 7.29. The van der Waals surface area contributed by atoms with Crippen LogP contribution in [0.2, 0.25) is 0 Å². The lowest BCUT2D eigenvalue weighted by atomic mass is 9.94. The average molecular weight is 716 g/mol. The van der Waals surface area contributed by atoms with Gasteiger partial charge < -0.3 is 0 Å². The van der Waals surface area contributed by atoms with E-state index in [1.807, 2.05) is 48.8 Å². The molecule has 0 bridgehead atoms. The molecular weight excluding hydrogens is 683 g/mol. The van der Waals surface area contributed by atoms with Crippen LogP contribution in [0.4, 0.5) is 0 Å². The zero-order chi connectivity index (χ0) is 37.3. The van der Waals surface area contributed by atoms with Gasteiger partial charge in [-0.25, -0.2) is 15.0 Å². The van der Waals surface area contributed by atoms with Crippen molar-refractivity contribution in [3.05, 3.63) is 201 Å². The van der Waals surface area contributed by atoms with E-state index in [-0.39, 0.29) is 0 Å². The summed E-state index contributed by atoms with van der Waals surface area (Å²) >= 11 is 0. The van der Waals surface area contributed by atoms with E-state index < -0.39 is 0 Å². The van der Waals surface area contributed by atoms with Crippen molar-refractivity contribution < 1.29 is 0 Å². The summed E-state index contributed by atoms with van der Waals surface area (Å²) in [6.45, 7) is 0. The third-order valence-corrected chi connectivity index (χ3v) is 10.2. The predicted octanol–water partition coefficient (Wildman–Crippen LogP) is 12.6. The highest BCUT2D eigenvalue weighted by atomic mass is 14.9. The van der Waals surface area contributed by atoms with Crippen molar-refractivity contribution in [3.8, 4) is 78.5 Å². The van der Waals surface area contributed by atoms with Crippen molar-refractivity contribution in [1.82, 2.24) is 24.9 Å². The molecule has 0 unspecified atom stereocenters. The van der Waals surface area contributed by atoms with Gasteiger partial charge in [0.15, 0.2) is 5.82 Å². The molecule has 5 heteroatoms. The first-order chi connectivity index (χ1) is 27.7. The maximum absolute atomic E-state index is 5.26. The molecule has 6 aromatic carbocycles. The molecule has 0 N–H and O–H groups in total. The van der Waals surface area contributed by atoms with Crippen LogP contribution in [0.5, 0.6) is 0 Å². The highest BCUT2D eigenvalue weighted by Gasteiger charge is 2.15. The summed E-state index contributed by atoms with van der Waals surface area (Å²) in [5, 5.41) is 2.11. The van der Waals surface area contributed by atoms with Crippen LogP contribution in [0.15, 0.2) is 201 Å². The maximum atomic E-state index is 5.26. The third-order valence-electron chi connectivity index (χ3n) is 10.2. The van der Waals surface area contributed by atoms with E-state index >= 15 is 0 Å². The van der Waals surface area contributed by atoms with Gasteiger partial charge in [-0.2, -0.15) is 0 Å². The minimum atomic E-state index is 0.666. The molecule has 10 rings (SSSR count). The zero-order valence-electron chi connectivity index (χ0n) is 30.3. The normalized spacial score (nSPS) is 11.2. The standard InChI is InChI=1S/C51H33N5/c1-3-9-34(10-4-1)35-19-21-38(22-20-35)47-32-48(56-51(55-47)41-11-5-2-6-12-41)45-30-43(37-17-15-36(16-18-37)42-14-7-27-52-33-42)29-44(31-45)46-26-25-40-24-23-39-13-8-28-53-49(39)50(40)54-46/h1-33H. The summed E-state index contributed by atoms with van der Waals surface area (Å²) in [5.74, 6) is 0.666. The van der Waals surface area contributed by atoms with Crippen molar-refractivity contribution in [2.75, 3.05) is 0 Å². The molecule has 4 aromatic heterocycles. The second-order valence-electron chi connectivity index (χ2n) is 13.8. The fourth-order valence-electron chi connectivity index (χ4n) is 7.29. The minimum Gasteiger partial charge on any atom is -0.264 e. The summed E-state index contributed by atoms with van der Waals surface area (Å²) in [6, 6.07) is 63.2. The summed E-state index contributed by atoms with van der Waals surface area (Å²) in [5.41, 5.74) is 14.9. The Morgan fingerprint density at radius 1 is 0.286 bits per heavy atom. The number of hydrogen-bond donors (Lipinski definition) is 0. The molecule has 5 nitrogen and oxygen atoms in total. The van der Waals surface area contributed by atoms with Gasteiger partial charge in [-0.15, -0.1) is 0 Å². The quantitative estimate of drug-likeness (QED) is 0.154. The second kappa shape index (κ2) is 14.3. The van der Waals surface area contributed by atoms with Gasteiger partial charge in [0.25, 0.3) is 0 Å². The van der Waals surface area contributed by atoms with Gasteiger partial charge in [-0.05, 0) is 75.8 Å². The number of pyridine rings is 3. The molecule has 0 saturated carbocycles. The molecule has 0 spiro atoms. The molecule has 0 amide bonds. The first kappa shape index (κ1) is 33.0. The second-order valence-corrected chi connectivity index (χ2v) is 13.8. The van der Waals surface area contributed by atoms with E-state index in [2.05, 4.69) is 151 Å². The maximum Gasteiger partial charge on any atom is 0.160 e.